The zero-order valence-corrected chi connectivity index (χ0v) is 15.8. The van der Waals surface area contributed by atoms with Gasteiger partial charge in [-0.3, -0.25) is 9.48 Å². The van der Waals surface area contributed by atoms with E-state index in [1.165, 1.54) is 5.69 Å². The number of hydrogen-bond acceptors (Lipinski definition) is 3. The number of carbonyl (C=O) groups is 1. The van der Waals surface area contributed by atoms with Crippen LogP contribution in [-0.2, 0) is 20.6 Å². The van der Waals surface area contributed by atoms with Gasteiger partial charge in [-0.15, -0.1) is 0 Å². The Balaban J connectivity index is 1.43. The SMILES string of the molecule is Cn1cc(CNc2ccc(C(=O)N3CCCC3c3cccn3C)cc2)cn1. The number of aromatic nitrogens is 3. The second-order valence-corrected chi connectivity index (χ2v) is 7.15. The third kappa shape index (κ3) is 3.60. The standard InChI is InChI=1S/C21H25N5O/c1-24-11-3-5-19(24)20-6-4-12-26(20)21(27)17-7-9-18(10-8-17)22-13-16-14-23-25(2)15-16/h3,5,7-11,14-15,20,22H,4,6,12-13H2,1-2H3. The van der Waals surface area contributed by atoms with Crippen LogP contribution >= 0.6 is 0 Å². The molecule has 1 aromatic carbocycles. The van der Waals surface area contributed by atoms with Gasteiger partial charge in [0.1, 0.15) is 0 Å². The fourth-order valence-corrected chi connectivity index (χ4v) is 3.80. The average molecular weight is 363 g/mol. The van der Waals surface area contributed by atoms with Crippen LogP contribution in [0.4, 0.5) is 5.69 Å². The second kappa shape index (κ2) is 7.31. The summed E-state index contributed by atoms with van der Waals surface area (Å²) in [6.45, 7) is 1.53. The Bertz CT molecular complexity index is 924. The highest BCUT2D eigenvalue weighted by Gasteiger charge is 2.31. The summed E-state index contributed by atoms with van der Waals surface area (Å²) in [4.78, 5) is 15.0. The summed E-state index contributed by atoms with van der Waals surface area (Å²) in [6, 6.07) is 12.1. The zero-order chi connectivity index (χ0) is 18.8. The number of amides is 1. The molecule has 3 heterocycles. The van der Waals surface area contributed by atoms with E-state index >= 15 is 0 Å². The van der Waals surface area contributed by atoms with Crippen molar-refractivity contribution in [3.63, 3.8) is 0 Å². The number of hydrogen-bond donors (Lipinski definition) is 1. The summed E-state index contributed by atoms with van der Waals surface area (Å²) in [5.41, 5.74) is 4.06. The molecule has 1 atom stereocenters. The third-order valence-corrected chi connectivity index (χ3v) is 5.23. The van der Waals surface area contributed by atoms with Crippen LogP contribution in [0.15, 0.2) is 55.0 Å². The highest BCUT2D eigenvalue weighted by molar-refractivity contribution is 5.95. The monoisotopic (exact) mass is 363 g/mol. The van der Waals surface area contributed by atoms with Crippen molar-refractivity contribution in [2.45, 2.75) is 25.4 Å². The average Bonchev–Trinajstić information content (AvgIpc) is 3.40. The molecule has 27 heavy (non-hydrogen) atoms. The first kappa shape index (κ1) is 17.4. The van der Waals surface area contributed by atoms with E-state index in [4.69, 9.17) is 0 Å². The molecule has 6 heteroatoms. The molecule has 140 valence electrons. The van der Waals surface area contributed by atoms with Gasteiger partial charge in [0.2, 0.25) is 0 Å². The van der Waals surface area contributed by atoms with Gasteiger partial charge in [-0.1, -0.05) is 0 Å². The van der Waals surface area contributed by atoms with Gasteiger partial charge in [0.05, 0.1) is 12.2 Å². The summed E-state index contributed by atoms with van der Waals surface area (Å²) in [6.07, 6.45) is 7.95. The summed E-state index contributed by atoms with van der Waals surface area (Å²) in [7, 11) is 3.95. The minimum atomic E-state index is 0.109. The van der Waals surface area contributed by atoms with Crippen molar-refractivity contribution < 1.29 is 4.79 Å². The maximum atomic E-state index is 13.0. The fourth-order valence-electron chi connectivity index (χ4n) is 3.80. The first-order chi connectivity index (χ1) is 13.1. The lowest BCUT2D eigenvalue weighted by atomic mass is 10.1. The van der Waals surface area contributed by atoms with E-state index in [1.54, 1.807) is 4.68 Å². The van der Waals surface area contributed by atoms with Crippen molar-refractivity contribution in [3.05, 3.63) is 71.8 Å². The van der Waals surface area contributed by atoms with Crippen molar-refractivity contribution in [1.82, 2.24) is 19.2 Å². The molecule has 1 aliphatic rings. The molecule has 2 aromatic heterocycles. The van der Waals surface area contributed by atoms with Crippen molar-refractivity contribution in [2.24, 2.45) is 14.1 Å². The summed E-state index contributed by atoms with van der Waals surface area (Å²) in [5, 5.41) is 7.54. The van der Waals surface area contributed by atoms with Gasteiger partial charge in [-0.2, -0.15) is 5.10 Å². The number of anilines is 1. The lowest BCUT2D eigenvalue weighted by Crippen LogP contribution is -2.31. The van der Waals surface area contributed by atoms with Crippen LogP contribution in [0.25, 0.3) is 0 Å². The lowest BCUT2D eigenvalue weighted by Gasteiger charge is -2.25. The highest BCUT2D eigenvalue weighted by atomic mass is 16.2. The van der Waals surface area contributed by atoms with Crippen LogP contribution in [0.2, 0.25) is 0 Å². The maximum Gasteiger partial charge on any atom is 0.254 e. The fraction of sp³-hybridized carbons (Fsp3) is 0.333. The number of nitrogens with one attached hydrogen (secondary N) is 1. The summed E-state index contributed by atoms with van der Waals surface area (Å²) >= 11 is 0. The molecule has 1 unspecified atom stereocenters. The van der Waals surface area contributed by atoms with Gasteiger partial charge < -0.3 is 14.8 Å². The number of benzene rings is 1. The van der Waals surface area contributed by atoms with Crippen LogP contribution in [0.1, 0.15) is 40.5 Å². The molecule has 1 amide bonds. The Morgan fingerprint density at radius 2 is 2.04 bits per heavy atom. The van der Waals surface area contributed by atoms with Gasteiger partial charge >= 0.3 is 0 Å². The molecule has 4 rings (SSSR count). The number of rotatable bonds is 5. The molecule has 0 bridgehead atoms. The second-order valence-electron chi connectivity index (χ2n) is 7.15. The summed E-state index contributed by atoms with van der Waals surface area (Å²) in [5.74, 6) is 0.109. The minimum absolute atomic E-state index is 0.109. The van der Waals surface area contributed by atoms with Gasteiger partial charge in [0, 0.05) is 62.1 Å². The van der Waals surface area contributed by atoms with Crippen LogP contribution in [-0.4, -0.2) is 31.7 Å². The van der Waals surface area contributed by atoms with E-state index in [-0.39, 0.29) is 11.9 Å². The van der Waals surface area contributed by atoms with E-state index in [0.29, 0.717) is 6.54 Å². The number of aryl methyl sites for hydroxylation is 2. The van der Waals surface area contributed by atoms with E-state index < -0.39 is 0 Å². The van der Waals surface area contributed by atoms with Crippen molar-refractivity contribution in [2.75, 3.05) is 11.9 Å². The van der Waals surface area contributed by atoms with Gasteiger partial charge in [-0.25, -0.2) is 0 Å². The Morgan fingerprint density at radius 3 is 2.70 bits per heavy atom. The van der Waals surface area contributed by atoms with Crippen molar-refractivity contribution in [3.8, 4) is 0 Å². The quantitative estimate of drug-likeness (QED) is 0.756. The molecule has 3 aromatic rings. The van der Waals surface area contributed by atoms with Gasteiger partial charge in [-0.05, 0) is 49.2 Å². The van der Waals surface area contributed by atoms with Crippen LogP contribution in [0.3, 0.4) is 0 Å². The van der Waals surface area contributed by atoms with Crippen LogP contribution in [0.5, 0.6) is 0 Å². The van der Waals surface area contributed by atoms with Crippen molar-refractivity contribution >= 4 is 11.6 Å². The molecular formula is C21H25N5O. The van der Waals surface area contributed by atoms with E-state index in [0.717, 1.165) is 36.2 Å². The molecule has 0 radical (unpaired) electrons. The zero-order valence-electron chi connectivity index (χ0n) is 15.8. The normalized spacial score (nSPS) is 16.7. The highest BCUT2D eigenvalue weighted by Crippen LogP contribution is 2.33. The third-order valence-electron chi connectivity index (χ3n) is 5.23. The minimum Gasteiger partial charge on any atom is -0.381 e. The number of carbonyl (C=O) groups excluding carboxylic acids is 1. The first-order valence-corrected chi connectivity index (χ1v) is 9.35. The van der Waals surface area contributed by atoms with E-state index in [1.807, 2.05) is 67.9 Å². The molecule has 1 saturated heterocycles. The topological polar surface area (TPSA) is 55.1 Å². The van der Waals surface area contributed by atoms with Crippen LogP contribution in [0, 0.1) is 0 Å². The Morgan fingerprint density at radius 1 is 1.22 bits per heavy atom. The van der Waals surface area contributed by atoms with Gasteiger partial charge in [0.15, 0.2) is 0 Å². The molecule has 1 aliphatic heterocycles. The Kier molecular flexibility index (Phi) is 4.71. The predicted octanol–water partition coefficient (Wildman–Crippen LogP) is 3.35. The maximum absolute atomic E-state index is 13.0. The number of nitrogens with zero attached hydrogens (tertiary/aromatic N) is 4. The smallest absolute Gasteiger partial charge is 0.254 e. The summed E-state index contributed by atoms with van der Waals surface area (Å²) < 4.78 is 3.90. The molecular weight excluding hydrogens is 338 g/mol. The first-order valence-electron chi connectivity index (χ1n) is 9.35. The molecule has 0 saturated carbocycles. The molecule has 1 fully saturated rings. The van der Waals surface area contributed by atoms with Crippen molar-refractivity contribution in [1.29, 1.82) is 0 Å². The Hall–Kier alpha value is -3.02. The molecule has 0 aliphatic carbocycles. The van der Waals surface area contributed by atoms with Gasteiger partial charge in [0.25, 0.3) is 5.91 Å². The number of likely N-dealkylation sites (tertiary alicyclic amines) is 1. The Labute approximate surface area is 159 Å². The van der Waals surface area contributed by atoms with E-state index in [9.17, 15) is 4.79 Å². The van der Waals surface area contributed by atoms with Crippen LogP contribution < -0.4 is 5.32 Å². The molecule has 6 nitrogen and oxygen atoms in total. The molecule has 0 spiro atoms. The largest absolute Gasteiger partial charge is 0.381 e. The van der Waals surface area contributed by atoms with E-state index in [2.05, 4.69) is 21.0 Å². The predicted molar refractivity (Wildman–Crippen MR) is 105 cm³/mol. The molecule has 1 N–H and O–H groups in total. The lowest BCUT2D eigenvalue weighted by molar-refractivity contribution is 0.0731.